The van der Waals surface area contributed by atoms with Gasteiger partial charge in [0.05, 0.1) is 0 Å². The van der Waals surface area contributed by atoms with E-state index in [4.69, 9.17) is 17.2 Å². The Bertz CT molecular complexity index is 969. The predicted octanol–water partition coefficient (Wildman–Crippen LogP) is 3.62. The molecule has 0 atom stereocenters. The van der Waals surface area contributed by atoms with E-state index in [9.17, 15) is 0 Å². The zero-order valence-corrected chi connectivity index (χ0v) is 14.5. The zero-order valence-electron chi connectivity index (χ0n) is 14.5. The Morgan fingerprint density at radius 1 is 0.444 bits per heavy atom. The van der Waals surface area contributed by atoms with Crippen LogP contribution in [0.15, 0.2) is 72.8 Å². The van der Waals surface area contributed by atoms with Gasteiger partial charge in [0.25, 0.3) is 0 Å². The fourth-order valence-electron chi connectivity index (χ4n) is 2.80. The summed E-state index contributed by atoms with van der Waals surface area (Å²) < 4.78 is 0. The Morgan fingerprint density at radius 2 is 0.741 bits per heavy atom. The second-order valence-corrected chi connectivity index (χ2v) is 6.18. The number of anilines is 3. The Morgan fingerprint density at radius 3 is 1.00 bits per heavy atom. The monoisotopic (exact) mass is 354 g/mol. The average Bonchev–Trinajstić information content (AvgIpc) is 2.68. The number of nitrogen functional groups attached to an aromatic ring is 3. The lowest BCUT2D eigenvalue weighted by atomic mass is 10.1. The summed E-state index contributed by atoms with van der Waals surface area (Å²) in [6.07, 6.45) is 0. The summed E-state index contributed by atoms with van der Waals surface area (Å²) in [5.41, 5.74) is 22.2. The summed E-state index contributed by atoms with van der Waals surface area (Å²) in [6, 6.07) is 22.3. The van der Waals surface area contributed by atoms with Crippen LogP contribution in [0.3, 0.4) is 0 Å². The van der Waals surface area contributed by atoms with Crippen LogP contribution in [0.5, 0.6) is 0 Å². The molecule has 132 valence electrons. The topological polar surface area (TPSA) is 117 Å². The van der Waals surface area contributed by atoms with Crippen LogP contribution in [-0.2, 0) is 0 Å². The van der Waals surface area contributed by atoms with Gasteiger partial charge in [-0.25, -0.2) is 15.0 Å². The minimum Gasteiger partial charge on any atom is -0.399 e. The van der Waals surface area contributed by atoms with Crippen molar-refractivity contribution in [1.82, 2.24) is 15.0 Å². The van der Waals surface area contributed by atoms with Gasteiger partial charge < -0.3 is 17.2 Å². The van der Waals surface area contributed by atoms with Crippen molar-refractivity contribution < 1.29 is 0 Å². The van der Waals surface area contributed by atoms with Gasteiger partial charge in [0.1, 0.15) is 0 Å². The van der Waals surface area contributed by atoms with Crippen LogP contribution < -0.4 is 17.2 Å². The molecule has 4 aromatic rings. The molecule has 0 unspecified atom stereocenters. The molecule has 0 aliphatic carbocycles. The second kappa shape index (κ2) is 6.76. The Balaban J connectivity index is 1.94. The molecule has 3 aromatic carbocycles. The molecule has 1 aromatic heterocycles. The van der Waals surface area contributed by atoms with Gasteiger partial charge in [-0.2, -0.15) is 0 Å². The molecule has 0 bridgehead atoms. The molecule has 1 heterocycles. The first-order valence-corrected chi connectivity index (χ1v) is 8.42. The third-order valence-electron chi connectivity index (χ3n) is 4.07. The highest BCUT2D eigenvalue weighted by atomic mass is 15.0. The van der Waals surface area contributed by atoms with Gasteiger partial charge in [0, 0.05) is 33.8 Å². The van der Waals surface area contributed by atoms with E-state index in [0.717, 1.165) is 16.7 Å². The fourth-order valence-corrected chi connectivity index (χ4v) is 2.80. The highest BCUT2D eigenvalue weighted by Gasteiger charge is 2.12. The summed E-state index contributed by atoms with van der Waals surface area (Å²) >= 11 is 0. The maximum Gasteiger partial charge on any atom is 0.164 e. The lowest BCUT2D eigenvalue weighted by molar-refractivity contribution is 1.07. The smallest absolute Gasteiger partial charge is 0.164 e. The number of nitrogens with zero attached hydrogens (tertiary/aromatic N) is 3. The zero-order chi connectivity index (χ0) is 18.8. The van der Waals surface area contributed by atoms with Gasteiger partial charge in [-0.15, -0.1) is 0 Å². The third kappa shape index (κ3) is 3.55. The first-order valence-electron chi connectivity index (χ1n) is 8.42. The van der Waals surface area contributed by atoms with E-state index in [-0.39, 0.29) is 0 Å². The van der Waals surface area contributed by atoms with Crippen molar-refractivity contribution in [2.24, 2.45) is 0 Å². The van der Waals surface area contributed by atoms with Gasteiger partial charge in [-0.1, -0.05) is 36.4 Å². The van der Waals surface area contributed by atoms with E-state index in [1.807, 2.05) is 72.8 Å². The van der Waals surface area contributed by atoms with Crippen LogP contribution in [-0.4, -0.2) is 15.0 Å². The molecule has 0 aliphatic heterocycles. The first kappa shape index (κ1) is 16.5. The Kier molecular flexibility index (Phi) is 4.14. The fraction of sp³-hybridized carbons (Fsp3) is 0. The molecule has 0 fully saturated rings. The summed E-state index contributed by atoms with van der Waals surface area (Å²) in [6.45, 7) is 0. The molecule has 0 radical (unpaired) electrons. The number of hydrogen-bond acceptors (Lipinski definition) is 6. The summed E-state index contributed by atoms with van der Waals surface area (Å²) in [5, 5.41) is 0. The van der Waals surface area contributed by atoms with Crippen molar-refractivity contribution in [2.75, 3.05) is 17.2 Å². The van der Waals surface area contributed by atoms with Crippen molar-refractivity contribution in [1.29, 1.82) is 0 Å². The van der Waals surface area contributed by atoms with Crippen LogP contribution in [0, 0.1) is 0 Å². The van der Waals surface area contributed by atoms with Crippen molar-refractivity contribution in [3.63, 3.8) is 0 Å². The summed E-state index contributed by atoms with van der Waals surface area (Å²) in [5.74, 6) is 1.60. The third-order valence-corrected chi connectivity index (χ3v) is 4.07. The first-order chi connectivity index (χ1) is 13.1. The Labute approximate surface area is 156 Å². The number of benzene rings is 3. The van der Waals surface area contributed by atoms with Crippen molar-refractivity contribution >= 4 is 17.1 Å². The van der Waals surface area contributed by atoms with Gasteiger partial charge in [-0.05, 0) is 36.4 Å². The standard InChI is InChI=1S/C21H18N6/c22-16-7-1-4-13(10-16)19-25-20(14-5-2-8-17(23)11-14)27-21(26-19)15-6-3-9-18(24)12-15/h1-12H,22-24H2. The van der Waals surface area contributed by atoms with Gasteiger partial charge in [0.15, 0.2) is 17.5 Å². The minimum absolute atomic E-state index is 0.534. The van der Waals surface area contributed by atoms with Crippen molar-refractivity contribution in [3.05, 3.63) is 72.8 Å². The molecular formula is C21H18N6. The largest absolute Gasteiger partial charge is 0.399 e. The molecule has 6 heteroatoms. The number of hydrogen-bond donors (Lipinski definition) is 3. The molecule has 0 saturated heterocycles. The molecule has 27 heavy (non-hydrogen) atoms. The summed E-state index contributed by atoms with van der Waals surface area (Å²) in [7, 11) is 0. The molecule has 0 spiro atoms. The number of aromatic nitrogens is 3. The molecular weight excluding hydrogens is 336 g/mol. The van der Waals surface area contributed by atoms with Crippen LogP contribution >= 0.6 is 0 Å². The van der Waals surface area contributed by atoms with E-state index in [0.29, 0.717) is 34.5 Å². The van der Waals surface area contributed by atoms with E-state index >= 15 is 0 Å². The van der Waals surface area contributed by atoms with Gasteiger partial charge in [0.2, 0.25) is 0 Å². The van der Waals surface area contributed by atoms with Crippen molar-refractivity contribution in [2.45, 2.75) is 0 Å². The molecule has 0 aliphatic rings. The molecule has 0 saturated carbocycles. The van der Waals surface area contributed by atoms with E-state index in [1.54, 1.807) is 0 Å². The number of nitrogens with two attached hydrogens (primary N) is 3. The molecule has 6 N–H and O–H groups in total. The van der Waals surface area contributed by atoms with Gasteiger partial charge >= 0.3 is 0 Å². The molecule has 0 amide bonds. The van der Waals surface area contributed by atoms with E-state index < -0.39 is 0 Å². The normalized spacial score (nSPS) is 10.7. The predicted molar refractivity (Wildman–Crippen MR) is 109 cm³/mol. The maximum atomic E-state index is 5.93. The molecule has 4 rings (SSSR count). The quantitative estimate of drug-likeness (QED) is 0.484. The average molecular weight is 354 g/mol. The maximum absolute atomic E-state index is 5.93. The highest BCUT2D eigenvalue weighted by molar-refractivity contribution is 5.70. The highest BCUT2D eigenvalue weighted by Crippen LogP contribution is 2.26. The SMILES string of the molecule is Nc1cccc(-c2nc(-c3cccc(N)c3)nc(-c3cccc(N)c3)n2)c1. The van der Waals surface area contributed by atoms with Crippen LogP contribution in [0.2, 0.25) is 0 Å². The van der Waals surface area contributed by atoms with Gasteiger partial charge in [-0.3, -0.25) is 0 Å². The minimum atomic E-state index is 0.534. The van der Waals surface area contributed by atoms with E-state index in [1.165, 1.54) is 0 Å². The van der Waals surface area contributed by atoms with Crippen LogP contribution in [0.1, 0.15) is 0 Å². The summed E-state index contributed by atoms with van der Waals surface area (Å²) in [4.78, 5) is 13.9. The number of rotatable bonds is 3. The van der Waals surface area contributed by atoms with Crippen molar-refractivity contribution in [3.8, 4) is 34.2 Å². The lowest BCUT2D eigenvalue weighted by Crippen LogP contribution is -2.01. The van der Waals surface area contributed by atoms with Crippen LogP contribution in [0.4, 0.5) is 17.1 Å². The second-order valence-electron chi connectivity index (χ2n) is 6.18. The van der Waals surface area contributed by atoms with E-state index in [2.05, 4.69) is 15.0 Å². The Hall–Kier alpha value is -3.93. The lowest BCUT2D eigenvalue weighted by Gasteiger charge is -2.09. The molecule has 6 nitrogen and oxygen atoms in total. The van der Waals surface area contributed by atoms with Crippen LogP contribution in [0.25, 0.3) is 34.2 Å².